The second-order valence-corrected chi connectivity index (χ2v) is 5.05. The van der Waals surface area contributed by atoms with Crippen LogP contribution in [-0.4, -0.2) is 24.7 Å². The molecule has 94 valence electrons. The molecular formula is C12H25N3O. The lowest BCUT2D eigenvalue weighted by Crippen LogP contribution is -2.57. The summed E-state index contributed by atoms with van der Waals surface area (Å²) in [6, 6.07) is -0.0677. The van der Waals surface area contributed by atoms with Crippen LogP contribution in [0.2, 0.25) is 0 Å². The molecule has 0 saturated heterocycles. The van der Waals surface area contributed by atoms with Crippen LogP contribution in [0.5, 0.6) is 0 Å². The Hall–Kier alpha value is -0.770. The molecule has 0 aliphatic heterocycles. The molecule has 4 heteroatoms. The Labute approximate surface area is 98.3 Å². The van der Waals surface area contributed by atoms with E-state index < -0.39 is 0 Å². The van der Waals surface area contributed by atoms with Crippen molar-refractivity contribution in [3.05, 3.63) is 0 Å². The fourth-order valence-electron chi connectivity index (χ4n) is 2.22. The van der Waals surface area contributed by atoms with E-state index in [-0.39, 0.29) is 11.6 Å². The third kappa shape index (κ3) is 3.67. The van der Waals surface area contributed by atoms with Gasteiger partial charge in [-0.25, -0.2) is 4.79 Å². The van der Waals surface area contributed by atoms with Crippen molar-refractivity contribution in [3.8, 4) is 0 Å². The molecule has 0 aromatic carbocycles. The highest BCUT2D eigenvalue weighted by molar-refractivity contribution is 5.74. The molecule has 0 heterocycles. The van der Waals surface area contributed by atoms with Gasteiger partial charge in [0.15, 0.2) is 0 Å². The van der Waals surface area contributed by atoms with Gasteiger partial charge in [-0.1, -0.05) is 13.8 Å². The second-order valence-electron chi connectivity index (χ2n) is 5.05. The summed E-state index contributed by atoms with van der Waals surface area (Å²) in [6.07, 6.45) is 5.28. The van der Waals surface area contributed by atoms with Crippen molar-refractivity contribution in [2.75, 3.05) is 13.1 Å². The van der Waals surface area contributed by atoms with Crippen molar-refractivity contribution >= 4 is 6.03 Å². The van der Waals surface area contributed by atoms with E-state index in [0.717, 1.165) is 44.6 Å². The first-order valence-corrected chi connectivity index (χ1v) is 6.38. The Bertz CT molecular complexity index is 222. The molecule has 0 aromatic heterocycles. The van der Waals surface area contributed by atoms with Crippen molar-refractivity contribution in [1.82, 2.24) is 10.6 Å². The summed E-state index contributed by atoms with van der Waals surface area (Å²) in [5, 5.41) is 5.91. The molecule has 4 N–H and O–H groups in total. The molecule has 1 rings (SSSR count). The molecule has 1 aliphatic carbocycles. The molecule has 4 nitrogen and oxygen atoms in total. The monoisotopic (exact) mass is 227 g/mol. The maximum atomic E-state index is 11.6. The second kappa shape index (κ2) is 6.09. The zero-order valence-electron chi connectivity index (χ0n) is 10.5. The van der Waals surface area contributed by atoms with Crippen LogP contribution in [0.25, 0.3) is 0 Å². The highest BCUT2D eigenvalue weighted by Crippen LogP contribution is 2.31. The molecule has 0 atom stereocenters. The van der Waals surface area contributed by atoms with Crippen LogP contribution in [0.1, 0.15) is 46.0 Å². The first kappa shape index (κ1) is 13.3. The van der Waals surface area contributed by atoms with E-state index in [1.54, 1.807) is 0 Å². The molecule has 0 unspecified atom stereocenters. The Balaban J connectivity index is 2.44. The molecule has 0 spiro atoms. The molecule has 1 saturated carbocycles. The summed E-state index contributed by atoms with van der Waals surface area (Å²) in [6.45, 7) is 5.57. The van der Waals surface area contributed by atoms with E-state index in [9.17, 15) is 4.79 Å². The number of rotatable bonds is 4. The minimum atomic E-state index is -0.162. The third-order valence-corrected chi connectivity index (χ3v) is 3.54. The predicted molar refractivity (Wildman–Crippen MR) is 66.2 cm³/mol. The molecular weight excluding hydrogens is 202 g/mol. The van der Waals surface area contributed by atoms with Gasteiger partial charge >= 0.3 is 6.03 Å². The minimum absolute atomic E-state index is 0.0677. The molecule has 1 fully saturated rings. The summed E-state index contributed by atoms with van der Waals surface area (Å²) in [7, 11) is 0. The zero-order valence-corrected chi connectivity index (χ0v) is 10.5. The van der Waals surface area contributed by atoms with Gasteiger partial charge in [0.05, 0.1) is 5.54 Å². The quantitative estimate of drug-likeness (QED) is 0.683. The van der Waals surface area contributed by atoms with E-state index in [2.05, 4.69) is 17.6 Å². The number of nitrogens with one attached hydrogen (secondary N) is 2. The summed E-state index contributed by atoms with van der Waals surface area (Å²) in [4.78, 5) is 11.6. The number of nitrogens with two attached hydrogens (primary N) is 1. The van der Waals surface area contributed by atoms with Gasteiger partial charge < -0.3 is 16.4 Å². The van der Waals surface area contributed by atoms with Crippen LogP contribution >= 0.6 is 0 Å². The highest BCUT2D eigenvalue weighted by Gasteiger charge is 2.34. The van der Waals surface area contributed by atoms with Crippen LogP contribution in [0.4, 0.5) is 4.79 Å². The Morgan fingerprint density at radius 3 is 2.56 bits per heavy atom. The fourth-order valence-corrected chi connectivity index (χ4v) is 2.22. The first-order chi connectivity index (χ1) is 7.62. The van der Waals surface area contributed by atoms with Crippen LogP contribution in [0, 0.1) is 5.92 Å². The van der Waals surface area contributed by atoms with Crippen molar-refractivity contribution in [2.24, 2.45) is 11.7 Å². The summed E-state index contributed by atoms with van der Waals surface area (Å²) in [5.74, 6) is 0.764. The van der Waals surface area contributed by atoms with Gasteiger partial charge in [0, 0.05) is 13.1 Å². The minimum Gasteiger partial charge on any atom is -0.338 e. The van der Waals surface area contributed by atoms with Crippen molar-refractivity contribution in [2.45, 2.75) is 51.5 Å². The van der Waals surface area contributed by atoms with Gasteiger partial charge in [0.1, 0.15) is 0 Å². The lowest BCUT2D eigenvalue weighted by Gasteiger charge is -2.39. The van der Waals surface area contributed by atoms with Gasteiger partial charge in [-0.15, -0.1) is 0 Å². The van der Waals surface area contributed by atoms with Crippen molar-refractivity contribution < 1.29 is 4.79 Å². The van der Waals surface area contributed by atoms with E-state index in [4.69, 9.17) is 5.73 Å². The van der Waals surface area contributed by atoms with Gasteiger partial charge in [-0.3, -0.25) is 0 Å². The number of hydrogen-bond donors (Lipinski definition) is 3. The summed E-state index contributed by atoms with van der Waals surface area (Å²) >= 11 is 0. The molecule has 16 heavy (non-hydrogen) atoms. The molecule has 0 bridgehead atoms. The van der Waals surface area contributed by atoms with E-state index in [1.807, 2.05) is 6.92 Å². The number of carbonyl (C=O) groups excluding carboxylic acids is 1. The highest BCUT2D eigenvalue weighted by atomic mass is 16.2. The largest absolute Gasteiger partial charge is 0.338 e. The smallest absolute Gasteiger partial charge is 0.315 e. The average Bonchev–Trinajstić information content (AvgIpc) is 2.30. The van der Waals surface area contributed by atoms with Crippen LogP contribution in [0.3, 0.4) is 0 Å². The van der Waals surface area contributed by atoms with Gasteiger partial charge in [0.2, 0.25) is 0 Å². The Morgan fingerprint density at radius 1 is 1.44 bits per heavy atom. The number of carbonyl (C=O) groups is 1. The van der Waals surface area contributed by atoms with Gasteiger partial charge in [-0.2, -0.15) is 0 Å². The summed E-state index contributed by atoms with van der Waals surface area (Å²) < 4.78 is 0. The average molecular weight is 227 g/mol. The van der Waals surface area contributed by atoms with E-state index in [1.165, 1.54) is 0 Å². The number of hydrogen-bond acceptors (Lipinski definition) is 2. The van der Waals surface area contributed by atoms with Crippen LogP contribution in [-0.2, 0) is 0 Å². The maximum Gasteiger partial charge on any atom is 0.315 e. The third-order valence-electron chi connectivity index (χ3n) is 3.54. The molecule has 0 radical (unpaired) electrons. The van der Waals surface area contributed by atoms with E-state index in [0.29, 0.717) is 6.54 Å². The lowest BCUT2D eigenvalue weighted by atomic mass is 9.77. The van der Waals surface area contributed by atoms with Crippen LogP contribution < -0.4 is 16.4 Å². The van der Waals surface area contributed by atoms with Crippen LogP contribution in [0.15, 0.2) is 0 Å². The first-order valence-electron chi connectivity index (χ1n) is 6.38. The van der Waals surface area contributed by atoms with Gasteiger partial charge in [0.25, 0.3) is 0 Å². The van der Waals surface area contributed by atoms with E-state index >= 15 is 0 Å². The molecule has 2 amide bonds. The molecule has 0 aromatic rings. The van der Waals surface area contributed by atoms with Gasteiger partial charge in [-0.05, 0) is 38.0 Å². The SMILES string of the molecule is CCCNC(=O)NC1(CN)CCC(C)CC1. The Morgan fingerprint density at radius 2 is 2.06 bits per heavy atom. The number of urea groups is 1. The maximum absolute atomic E-state index is 11.6. The predicted octanol–water partition coefficient (Wildman–Crippen LogP) is 1.60. The Kier molecular flexibility index (Phi) is 5.06. The summed E-state index contributed by atoms with van der Waals surface area (Å²) in [5.41, 5.74) is 5.66. The van der Waals surface area contributed by atoms with Crippen molar-refractivity contribution in [1.29, 1.82) is 0 Å². The zero-order chi connectivity index (χ0) is 12.0. The fraction of sp³-hybridized carbons (Fsp3) is 0.917. The lowest BCUT2D eigenvalue weighted by molar-refractivity contribution is 0.189. The number of amides is 2. The standard InChI is InChI=1S/C12H25N3O/c1-3-8-14-11(16)15-12(9-13)6-4-10(2)5-7-12/h10H,3-9,13H2,1-2H3,(H2,14,15,16). The van der Waals surface area contributed by atoms with Crippen molar-refractivity contribution in [3.63, 3.8) is 0 Å². The topological polar surface area (TPSA) is 67.2 Å². The molecule has 1 aliphatic rings. The normalized spacial score (nSPS) is 29.8.